The molecule has 0 unspecified atom stereocenters. The Labute approximate surface area is 256 Å². The summed E-state index contributed by atoms with van der Waals surface area (Å²) in [7, 11) is -4.57. The van der Waals surface area contributed by atoms with E-state index < -0.39 is 15.9 Å². The average molecular weight is 620 g/mol. The van der Waals surface area contributed by atoms with Crippen LogP contribution < -0.4 is 4.18 Å². The van der Waals surface area contributed by atoms with Crippen molar-refractivity contribution in [2.24, 2.45) is 0 Å². The molecule has 1 aliphatic rings. The molecule has 5 aromatic carbocycles. The molecule has 0 saturated heterocycles. The average Bonchev–Trinajstić information content (AvgIpc) is 3.04. The molecule has 210 valence electrons. The van der Waals surface area contributed by atoms with Gasteiger partial charge < -0.3 is 9.71 Å². The quantitative estimate of drug-likeness (QED) is 0.0773. The standard InChI is InChI=1S/C34H23N2O4S3/c35-36-32-23-33(30-13-7-8-14-31(30)34(32)37)43(38,39)40-24-15-17-25(18-16-24)41-26-19-21-29(22-20-26)42(27-9-3-1-4-10-27)28-11-5-2-6-12-28/h1-23H/q+1. The molecule has 0 heterocycles. The Morgan fingerprint density at radius 2 is 1.12 bits per heavy atom. The SMILES string of the molecule is [N-]=[N+]=C1C=C(S(=O)(=O)Oc2ccc(Sc3ccc([S+](c4ccccc4)c4ccccc4)cc3)cc2)c2ccccc2C1=O. The van der Waals surface area contributed by atoms with Crippen LogP contribution in [0.25, 0.3) is 10.4 Å². The smallest absolute Gasteiger partial charge is 0.364 e. The second kappa shape index (κ2) is 12.3. The topological polar surface area (TPSA) is 96.8 Å². The van der Waals surface area contributed by atoms with Crippen LogP contribution in [0, 0.1) is 0 Å². The zero-order valence-electron chi connectivity index (χ0n) is 22.5. The van der Waals surface area contributed by atoms with Gasteiger partial charge in [0, 0.05) is 20.9 Å². The Balaban J connectivity index is 1.19. The predicted octanol–water partition coefficient (Wildman–Crippen LogP) is 7.55. The lowest BCUT2D eigenvalue weighted by atomic mass is 9.95. The van der Waals surface area contributed by atoms with E-state index >= 15 is 0 Å². The third-order valence-corrected chi connectivity index (χ3v) is 11.1. The molecule has 6 rings (SSSR count). The van der Waals surface area contributed by atoms with Crippen LogP contribution in [0.1, 0.15) is 15.9 Å². The summed E-state index contributed by atoms with van der Waals surface area (Å²) < 4.78 is 31.8. The van der Waals surface area contributed by atoms with Crippen molar-refractivity contribution in [2.45, 2.75) is 24.5 Å². The van der Waals surface area contributed by atoms with Crippen LogP contribution >= 0.6 is 11.8 Å². The summed E-state index contributed by atoms with van der Waals surface area (Å²) in [5.41, 5.74) is 9.18. The van der Waals surface area contributed by atoms with E-state index in [9.17, 15) is 18.7 Å². The molecule has 0 saturated carbocycles. The van der Waals surface area contributed by atoms with E-state index in [1.807, 2.05) is 12.1 Å². The highest BCUT2D eigenvalue weighted by atomic mass is 32.2. The Bertz CT molecular complexity index is 1950. The first kappa shape index (κ1) is 28.5. The highest BCUT2D eigenvalue weighted by molar-refractivity contribution is 7.99. The molecule has 0 radical (unpaired) electrons. The molecule has 0 aliphatic heterocycles. The van der Waals surface area contributed by atoms with Gasteiger partial charge in [-0.05, 0) is 72.8 Å². The molecule has 0 aromatic heterocycles. The van der Waals surface area contributed by atoms with Crippen LogP contribution in [-0.2, 0) is 21.0 Å². The third-order valence-electron chi connectivity index (χ3n) is 6.60. The summed E-state index contributed by atoms with van der Waals surface area (Å²) in [6.45, 7) is 0. The number of ketones is 1. The largest absolute Gasteiger partial charge is 0.379 e. The van der Waals surface area contributed by atoms with E-state index in [4.69, 9.17) is 4.18 Å². The molecule has 0 N–H and O–H groups in total. The molecule has 5 aromatic rings. The van der Waals surface area contributed by atoms with Gasteiger partial charge in [0.1, 0.15) is 10.7 Å². The summed E-state index contributed by atoms with van der Waals surface area (Å²) in [5, 5.41) is 0. The fraction of sp³-hybridized carbons (Fsp3) is 0. The van der Waals surface area contributed by atoms with E-state index in [2.05, 4.69) is 77.6 Å². The number of allylic oxidation sites excluding steroid dienone is 1. The van der Waals surface area contributed by atoms with Crippen LogP contribution in [-0.4, -0.2) is 24.7 Å². The van der Waals surface area contributed by atoms with Gasteiger partial charge in [-0.2, -0.15) is 13.2 Å². The lowest BCUT2D eigenvalue weighted by molar-refractivity contribution is -0.00437. The first-order valence-corrected chi connectivity index (χ1v) is 16.6. The zero-order valence-corrected chi connectivity index (χ0v) is 25.0. The van der Waals surface area contributed by atoms with Crippen LogP contribution in [0.5, 0.6) is 5.75 Å². The van der Waals surface area contributed by atoms with E-state index in [1.165, 1.54) is 26.8 Å². The molecular weight excluding hydrogens is 597 g/mol. The van der Waals surface area contributed by atoms with Crippen molar-refractivity contribution in [1.82, 2.24) is 0 Å². The second-order valence-corrected chi connectivity index (χ2v) is 14.1. The zero-order chi connectivity index (χ0) is 29.8. The van der Waals surface area contributed by atoms with Crippen LogP contribution in [0.15, 0.2) is 164 Å². The maximum absolute atomic E-state index is 13.2. The molecule has 0 bridgehead atoms. The Morgan fingerprint density at radius 3 is 1.67 bits per heavy atom. The highest BCUT2D eigenvalue weighted by Gasteiger charge is 2.36. The summed E-state index contributed by atoms with van der Waals surface area (Å²) in [4.78, 5) is 20.8. The monoisotopic (exact) mass is 619 g/mol. The van der Waals surface area contributed by atoms with Crippen molar-refractivity contribution >= 4 is 49.2 Å². The van der Waals surface area contributed by atoms with Crippen LogP contribution in [0.3, 0.4) is 0 Å². The second-order valence-electron chi connectivity index (χ2n) is 9.38. The lowest BCUT2D eigenvalue weighted by Gasteiger charge is -2.15. The maximum atomic E-state index is 13.2. The molecule has 0 fully saturated rings. The van der Waals surface area contributed by atoms with Gasteiger partial charge in [0.25, 0.3) is 5.78 Å². The summed E-state index contributed by atoms with van der Waals surface area (Å²) in [5.74, 6) is -0.449. The summed E-state index contributed by atoms with van der Waals surface area (Å²) in [6.07, 6.45) is 1.02. The number of benzene rings is 5. The van der Waals surface area contributed by atoms with Gasteiger partial charge in [0.15, 0.2) is 14.7 Å². The minimum Gasteiger partial charge on any atom is -0.379 e. The molecular formula is C34H23N2O4S3+. The first-order valence-electron chi connectivity index (χ1n) is 13.2. The molecule has 43 heavy (non-hydrogen) atoms. The van der Waals surface area contributed by atoms with Gasteiger partial charge in [-0.15, -0.1) is 0 Å². The van der Waals surface area contributed by atoms with Gasteiger partial charge in [-0.3, -0.25) is 4.79 Å². The van der Waals surface area contributed by atoms with Gasteiger partial charge in [-0.25, -0.2) is 0 Å². The van der Waals surface area contributed by atoms with Crippen LogP contribution in [0.4, 0.5) is 0 Å². The van der Waals surface area contributed by atoms with Gasteiger partial charge in [-0.1, -0.05) is 72.4 Å². The molecule has 6 nitrogen and oxygen atoms in total. The van der Waals surface area contributed by atoms with E-state index in [0.717, 1.165) is 15.9 Å². The Morgan fingerprint density at radius 1 is 0.628 bits per heavy atom. The van der Waals surface area contributed by atoms with E-state index in [1.54, 1.807) is 48.2 Å². The van der Waals surface area contributed by atoms with E-state index in [0.29, 0.717) is 0 Å². The summed E-state index contributed by atoms with van der Waals surface area (Å²) in [6, 6.07) is 42.4. The van der Waals surface area contributed by atoms with Gasteiger partial charge in [0.2, 0.25) is 0 Å². The van der Waals surface area contributed by atoms with Gasteiger partial charge >= 0.3 is 15.8 Å². The molecule has 0 atom stereocenters. The van der Waals surface area contributed by atoms with Crippen molar-refractivity contribution in [1.29, 1.82) is 0 Å². The number of hydrogen-bond donors (Lipinski definition) is 0. The fourth-order valence-corrected chi connectivity index (χ4v) is 8.68. The van der Waals surface area contributed by atoms with Crippen molar-refractivity contribution in [3.05, 3.63) is 156 Å². The Hall–Kier alpha value is -4.66. The molecule has 0 spiro atoms. The van der Waals surface area contributed by atoms with Crippen molar-refractivity contribution in [2.75, 3.05) is 0 Å². The minimum atomic E-state index is -4.34. The molecule has 0 amide bonds. The summed E-state index contributed by atoms with van der Waals surface area (Å²) >= 11 is 1.55. The number of rotatable bonds is 8. The highest BCUT2D eigenvalue weighted by Crippen LogP contribution is 2.35. The predicted molar refractivity (Wildman–Crippen MR) is 169 cm³/mol. The lowest BCUT2D eigenvalue weighted by Crippen LogP contribution is -2.24. The number of nitrogens with zero attached hydrogens (tertiary/aromatic N) is 2. The molecule has 9 heteroatoms. The number of carbonyl (C=O) groups is 1. The van der Waals surface area contributed by atoms with Crippen molar-refractivity contribution in [3.8, 4) is 5.75 Å². The normalized spacial score (nSPS) is 12.8. The minimum absolute atomic E-state index is 0.118. The number of Topliss-reactive ketones (excluding diaryl/α,β-unsaturated/α-hetero) is 1. The third kappa shape index (κ3) is 6.11. The number of hydrogen-bond acceptors (Lipinski definition) is 5. The van der Waals surface area contributed by atoms with Gasteiger partial charge in [0.05, 0.1) is 17.0 Å². The number of fused-ring (bicyclic) bond motifs is 1. The fourth-order valence-electron chi connectivity index (χ4n) is 4.62. The van der Waals surface area contributed by atoms with Crippen molar-refractivity contribution < 1.29 is 22.2 Å². The maximum Gasteiger partial charge on any atom is 0.364 e. The van der Waals surface area contributed by atoms with Crippen LogP contribution in [0.2, 0.25) is 0 Å². The first-order chi connectivity index (χ1) is 20.9. The van der Waals surface area contributed by atoms with Crippen molar-refractivity contribution in [3.63, 3.8) is 0 Å². The van der Waals surface area contributed by atoms with E-state index in [-0.39, 0.29) is 38.4 Å². The number of carbonyl (C=O) groups excluding carboxylic acids is 1. The Kier molecular flexibility index (Phi) is 8.13. The molecule has 1 aliphatic carbocycles.